The second-order valence-corrected chi connectivity index (χ2v) is 5.57. The fourth-order valence-electron chi connectivity index (χ4n) is 1.36. The second kappa shape index (κ2) is 7.29. The third-order valence-corrected chi connectivity index (χ3v) is 3.59. The summed E-state index contributed by atoms with van der Waals surface area (Å²) in [6.45, 7) is -0.228. The van der Waals surface area contributed by atoms with Gasteiger partial charge in [-0.05, 0) is 18.2 Å². The van der Waals surface area contributed by atoms with Crippen molar-refractivity contribution in [3.63, 3.8) is 0 Å². The highest BCUT2D eigenvalue weighted by atomic mass is 35.5. The van der Waals surface area contributed by atoms with Gasteiger partial charge in [-0.1, -0.05) is 46.4 Å². The molecule has 0 aliphatic carbocycles. The number of thiazole rings is 1. The zero-order valence-electron chi connectivity index (χ0n) is 10.5. The van der Waals surface area contributed by atoms with Crippen molar-refractivity contribution >= 4 is 51.4 Å². The van der Waals surface area contributed by atoms with Crippen LogP contribution in [-0.4, -0.2) is 22.7 Å². The Hall–Kier alpha value is -1.78. The van der Waals surface area contributed by atoms with E-state index in [4.69, 9.17) is 28.3 Å². The molecule has 1 aromatic carbocycles. The van der Waals surface area contributed by atoms with Crippen molar-refractivity contribution in [1.82, 2.24) is 4.98 Å². The summed E-state index contributed by atoms with van der Waals surface area (Å²) in [6, 6.07) is 4.27. The fraction of sp³-hybridized carbons (Fsp3) is 0.0769. The summed E-state index contributed by atoms with van der Waals surface area (Å²) >= 11 is 13.0. The Bertz CT molecular complexity index is 722. The van der Waals surface area contributed by atoms with E-state index in [1.54, 1.807) is 18.2 Å². The number of rotatable bonds is 2. The van der Waals surface area contributed by atoms with Gasteiger partial charge >= 0.3 is 6.03 Å². The van der Waals surface area contributed by atoms with Crippen molar-refractivity contribution in [1.29, 1.82) is 0 Å². The van der Waals surface area contributed by atoms with Crippen LogP contribution in [0, 0.1) is 11.8 Å². The van der Waals surface area contributed by atoms with Crippen LogP contribution in [0.15, 0.2) is 24.4 Å². The lowest BCUT2D eigenvalue weighted by atomic mass is 10.3. The van der Waals surface area contributed by atoms with Gasteiger partial charge in [0.25, 0.3) is 0 Å². The van der Waals surface area contributed by atoms with Gasteiger partial charge in [0.2, 0.25) is 0 Å². The van der Waals surface area contributed by atoms with Crippen molar-refractivity contribution in [3.8, 4) is 11.8 Å². The number of anilines is 2. The van der Waals surface area contributed by atoms with Crippen molar-refractivity contribution in [3.05, 3.63) is 39.3 Å². The van der Waals surface area contributed by atoms with E-state index < -0.39 is 6.03 Å². The monoisotopic (exact) mass is 341 g/mol. The molecule has 1 heterocycles. The fourth-order valence-corrected chi connectivity index (χ4v) is 2.38. The zero-order chi connectivity index (χ0) is 15.2. The molecule has 108 valence electrons. The van der Waals surface area contributed by atoms with Gasteiger partial charge in [0.05, 0.1) is 21.8 Å². The molecule has 1 aromatic heterocycles. The van der Waals surface area contributed by atoms with Gasteiger partial charge in [-0.25, -0.2) is 9.78 Å². The average Bonchev–Trinajstić information content (AvgIpc) is 2.88. The quantitative estimate of drug-likeness (QED) is 0.732. The maximum Gasteiger partial charge on any atom is 0.325 e. The molecule has 2 aromatic rings. The van der Waals surface area contributed by atoms with Gasteiger partial charge in [-0.3, -0.25) is 5.32 Å². The summed E-state index contributed by atoms with van der Waals surface area (Å²) in [4.78, 5) is 16.5. The van der Waals surface area contributed by atoms with E-state index >= 15 is 0 Å². The number of carbonyl (C=O) groups excluding carboxylic acids is 1. The number of carbonyl (C=O) groups is 1. The van der Waals surface area contributed by atoms with E-state index in [9.17, 15) is 4.79 Å². The number of urea groups is 1. The molecule has 8 heteroatoms. The molecule has 0 fully saturated rings. The minimum Gasteiger partial charge on any atom is -0.384 e. The summed E-state index contributed by atoms with van der Waals surface area (Å²) in [5, 5.41) is 15.0. The Morgan fingerprint density at radius 1 is 1.38 bits per heavy atom. The number of benzene rings is 1. The molecule has 2 rings (SSSR count). The first-order valence-corrected chi connectivity index (χ1v) is 7.24. The SMILES string of the molecule is O=C(Nc1ncc(C#CCO)s1)Nc1cc(Cl)ccc1Cl. The Kier molecular flexibility index (Phi) is 5.42. The number of aliphatic hydroxyl groups excluding tert-OH is 1. The standard InChI is InChI=1S/C13H9Cl2N3O2S/c14-8-3-4-10(15)11(6-8)17-12(20)18-13-16-7-9(21-13)2-1-5-19/h3-4,6-7,19H,5H2,(H2,16,17,18,20). The summed E-state index contributed by atoms with van der Waals surface area (Å²) in [5.41, 5.74) is 0.401. The Balaban J connectivity index is 2.01. The summed E-state index contributed by atoms with van der Waals surface area (Å²) in [6.07, 6.45) is 1.51. The number of nitrogens with one attached hydrogen (secondary N) is 2. The van der Waals surface area contributed by atoms with E-state index in [-0.39, 0.29) is 6.61 Å². The minimum atomic E-state index is -0.491. The van der Waals surface area contributed by atoms with Crippen molar-refractivity contribution in [2.24, 2.45) is 0 Å². The number of halogens is 2. The third-order valence-electron chi connectivity index (χ3n) is 2.19. The number of amides is 2. The normalized spacial score (nSPS) is 9.67. The largest absolute Gasteiger partial charge is 0.384 e. The first-order valence-electron chi connectivity index (χ1n) is 5.67. The van der Waals surface area contributed by atoms with Gasteiger partial charge in [0.1, 0.15) is 6.61 Å². The highest BCUT2D eigenvalue weighted by Crippen LogP contribution is 2.25. The molecule has 0 saturated carbocycles. The first-order chi connectivity index (χ1) is 10.1. The Labute approximate surface area is 134 Å². The zero-order valence-corrected chi connectivity index (χ0v) is 12.8. The summed E-state index contributed by atoms with van der Waals surface area (Å²) in [5.74, 6) is 5.20. The molecular weight excluding hydrogens is 333 g/mol. The van der Waals surface area contributed by atoms with Crippen LogP contribution in [0.5, 0.6) is 0 Å². The van der Waals surface area contributed by atoms with Gasteiger partial charge < -0.3 is 10.4 Å². The lowest BCUT2D eigenvalue weighted by molar-refractivity contribution is 0.262. The van der Waals surface area contributed by atoms with Crippen molar-refractivity contribution in [2.75, 3.05) is 17.2 Å². The van der Waals surface area contributed by atoms with Crippen LogP contribution in [-0.2, 0) is 0 Å². The molecule has 0 radical (unpaired) electrons. The highest BCUT2D eigenvalue weighted by molar-refractivity contribution is 7.16. The lowest BCUT2D eigenvalue weighted by Gasteiger charge is -2.07. The van der Waals surface area contributed by atoms with Gasteiger partial charge in [0.15, 0.2) is 5.13 Å². The van der Waals surface area contributed by atoms with Crippen LogP contribution in [0.2, 0.25) is 10.0 Å². The van der Waals surface area contributed by atoms with E-state index in [1.165, 1.54) is 17.5 Å². The molecule has 0 atom stereocenters. The van der Waals surface area contributed by atoms with E-state index in [0.717, 1.165) is 0 Å². The smallest absolute Gasteiger partial charge is 0.325 e. The van der Waals surface area contributed by atoms with E-state index in [0.29, 0.717) is 25.7 Å². The maximum atomic E-state index is 11.8. The molecule has 5 nitrogen and oxygen atoms in total. The van der Waals surface area contributed by atoms with Gasteiger partial charge in [-0.15, -0.1) is 0 Å². The predicted octanol–water partition coefficient (Wildman–Crippen LogP) is 3.44. The van der Waals surface area contributed by atoms with E-state index in [1.807, 2.05) is 0 Å². The number of hydrogen-bond donors (Lipinski definition) is 3. The van der Waals surface area contributed by atoms with Crippen LogP contribution in [0.4, 0.5) is 15.6 Å². The van der Waals surface area contributed by atoms with Crippen LogP contribution >= 0.6 is 34.5 Å². The number of aliphatic hydroxyl groups is 1. The molecular formula is C13H9Cl2N3O2S. The summed E-state index contributed by atoms with van der Waals surface area (Å²) < 4.78 is 0. The minimum absolute atomic E-state index is 0.228. The van der Waals surface area contributed by atoms with Gasteiger partial charge in [0, 0.05) is 5.02 Å². The van der Waals surface area contributed by atoms with Crippen LogP contribution in [0.25, 0.3) is 0 Å². The molecule has 0 bridgehead atoms. The second-order valence-electron chi connectivity index (χ2n) is 3.69. The molecule has 21 heavy (non-hydrogen) atoms. The van der Waals surface area contributed by atoms with E-state index in [2.05, 4.69) is 27.5 Å². The first kappa shape index (κ1) is 15.6. The van der Waals surface area contributed by atoms with Crippen LogP contribution in [0.3, 0.4) is 0 Å². The number of hydrogen-bond acceptors (Lipinski definition) is 4. The van der Waals surface area contributed by atoms with Crippen LogP contribution in [0.1, 0.15) is 4.88 Å². The van der Waals surface area contributed by atoms with Crippen molar-refractivity contribution in [2.45, 2.75) is 0 Å². The molecule has 0 spiro atoms. The molecule has 0 saturated heterocycles. The topological polar surface area (TPSA) is 74.2 Å². The van der Waals surface area contributed by atoms with Crippen molar-refractivity contribution < 1.29 is 9.90 Å². The highest BCUT2D eigenvalue weighted by Gasteiger charge is 2.08. The molecule has 2 amide bonds. The predicted molar refractivity (Wildman–Crippen MR) is 85.2 cm³/mol. The summed E-state index contributed by atoms with van der Waals surface area (Å²) in [7, 11) is 0. The Morgan fingerprint density at radius 2 is 2.19 bits per heavy atom. The Morgan fingerprint density at radius 3 is 2.95 bits per heavy atom. The lowest BCUT2D eigenvalue weighted by Crippen LogP contribution is -2.19. The van der Waals surface area contributed by atoms with Crippen LogP contribution < -0.4 is 10.6 Å². The van der Waals surface area contributed by atoms with Gasteiger partial charge in [-0.2, -0.15) is 0 Å². The molecule has 0 aliphatic heterocycles. The average molecular weight is 342 g/mol. The third kappa shape index (κ3) is 4.62. The molecule has 0 aliphatic rings. The number of nitrogens with zero attached hydrogens (tertiary/aromatic N) is 1. The maximum absolute atomic E-state index is 11.8. The molecule has 0 unspecified atom stereocenters. The molecule has 3 N–H and O–H groups in total. The number of aromatic nitrogens is 1.